The number of alkyl halides is 3. The standard InChI is InChI=1S/C16H22F3N3O3/c17-16(18,19)14-2-1-11(5-20-14)22-4-3-10(7-22)6-21-8-12(23)15(25)13(24)9-21/h1-2,5,10,12-13,15,23-25H,3-4,6-9H2/t10-,12-,13+,15+/m0/s1. The fourth-order valence-corrected chi connectivity index (χ4v) is 3.55. The summed E-state index contributed by atoms with van der Waals surface area (Å²) >= 11 is 0. The summed E-state index contributed by atoms with van der Waals surface area (Å²) in [6.07, 6.45) is -5.38. The minimum atomic E-state index is -4.44. The van der Waals surface area contributed by atoms with E-state index in [1.165, 1.54) is 12.3 Å². The highest BCUT2D eigenvalue weighted by atomic mass is 19.4. The zero-order chi connectivity index (χ0) is 18.2. The molecule has 140 valence electrons. The van der Waals surface area contributed by atoms with E-state index >= 15 is 0 Å². The number of likely N-dealkylation sites (tertiary alicyclic amines) is 1. The van der Waals surface area contributed by atoms with Gasteiger partial charge in [0.25, 0.3) is 0 Å². The molecule has 3 rings (SSSR count). The molecule has 1 aromatic rings. The van der Waals surface area contributed by atoms with E-state index in [2.05, 4.69) is 4.98 Å². The largest absolute Gasteiger partial charge is 0.433 e. The normalized spacial score (nSPS) is 31.5. The molecular weight excluding hydrogens is 339 g/mol. The molecular formula is C16H22F3N3O3. The van der Waals surface area contributed by atoms with Crippen LogP contribution in [0, 0.1) is 5.92 Å². The summed E-state index contributed by atoms with van der Waals surface area (Å²) in [6, 6.07) is 2.42. The second-order valence-electron chi connectivity index (χ2n) is 6.84. The average Bonchev–Trinajstić information content (AvgIpc) is 3.00. The van der Waals surface area contributed by atoms with Crippen molar-refractivity contribution in [1.29, 1.82) is 0 Å². The molecule has 0 spiro atoms. The quantitative estimate of drug-likeness (QED) is 0.720. The lowest BCUT2D eigenvalue weighted by Crippen LogP contribution is -2.56. The molecule has 2 saturated heterocycles. The van der Waals surface area contributed by atoms with Crippen LogP contribution in [0.3, 0.4) is 0 Å². The number of nitrogens with zero attached hydrogens (tertiary/aromatic N) is 3. The lowest BCUT2D eigenvalue weighted by molar-refractivity contribution is -0.141. The monoisotopic (exact) mass is 361 g/mol. The van der Waals surface area contributed by atoms with Crippen molar-refractivity contribution in [3.8, 4) is 0 Å². The molecule has 2 aliphatic heterocycles. The number of piperidine rings is 1. The predicted octanol–water partition coefficient (Wildman–Crippen LogP) is 0.325. The van der Waals surface area contributed by atoms with Crippen molar-refractivity contribution in [2.45, 2.75) is 30.9 Å². The van der Waals surface area contributed by atoms with Gasteiger partial charge in [-0.05, 0) is 24.5 Å². The maximum Gasteiger partial charge on any atom is 0.433 e. The number of pyridine rings is 1. The average molecular weight is 361 g/mol. The highest BCUT2D eigenvalue weighted by Gasteiger charge is 2.36. The molecule has 0 amide bonds. The van der Waals surface area contributed by atoms with Gasteiger partial charge in [-0.2, -0.15) is 13.2 Å². The van der Waals surface area contributed by atoms with Gasteiger partial charge < -0.3 is 20.2 Å². The van der Waals surface area contributed by atoms with Crippen LogP contribution in [0.4, 0.5) is 18.9 Å². The van der Waals surface area contributed by atoms with Crippen LogP contribution in [0.2, 0.25) is 0 Å². The lowest BCUT2D eigenvalue weighted by Gasteiger charge is -2.38. The maximum atomic E-state index is 12.6. The smallest absolute Gasteiger partial charge is 0.389 e. The summed E-state index contributed by atoms with van der Waals surface area (Å²) in [6.45, 7) is 2.66. The van der Waals surface area contributed by atoms with Gasteiger partial charge in [0.05, 0.1) is 24.1 Å². The SMILES string of the molecule is O[C@H]1[C@H](O)CN(C[C@@H]2CCN(c3ccc(C(F)(F)F)nc3)C2)C[C@@H]1O. The fourth-order valence-electron chi connectivity index (χ4n) is 3.55. The number of halogens is 3. The van der Waals surface area contributed by atoms with Crippen molar-refractivity contribution < 1.29 is 28.5 Å². The van der Waals surface area contributed by atoms with Crippen molar-refractivity contribution in [1.82, 2.24) is 9.88 Å². The Morgan fingerprint density at radius 1 is 1.08 bits per heavy atom. The van der Waals surface area contributed by atoms with E-state index < -0.39 is 30.2 Å². The molecule has 2 aliphatic rings. The number of β-amino-alcohol motifs (C(OH)–C–C–N with tert-alkyl or cyclic N) is 2. The Kier molecular flexibility index (Phi) is 5.19. The summed E-state index contributed by atoms with van der Waals surface area (Å²) in [5, 5.41) is 29.1. The first-order valence-corrected chi connectivity index (χ1v) is 8.29. The Labute approximate surface area is 143 Å². The van der Waals surface area contributed by atoms with Crippen LogP contribution in [0.1, 0.15) is 12.1 Å². The first-order chi connectivity index (χ1) is 11.7. The van der Waals surface area contributed by atoms with Crippen LogP contribution in [0.25, 0.3) is 0 Å². The number of rotatable bonds is 3. The fraction of sp³-hybridized carbons (Fsp3) is 0.688. The van der Waals surface area contributed by atoms with E-state index in [9.17, 15) is 28.5 Å². The van der Waals surface area contributed by atoms with E-state index in [0.29, 0.717) is 31.9 Å². The Morgan fingerprint density at radius 2 is 1.76 bits per heavy atom. The van der Waals surface area contributed by atoms with Crippen molar-refractivity contribution in [2.75, 3.05) is 37.6 Å². The van der Waals surface area contributed by atoms with Crippen molar-refractivity contribution >= 4 is 5.69 Å². The van der Waals surface area contributed by atoms with Gasteiger partial charge in [0.2, 0.25) is 0 Å². The van der Waals surface area contributed by atoms with Crippen molar-refractivity contribution in [2.24, 2.45) is 5.92 Å². The minimum Gasteiger partial charge on any atom is -0.389 e. The van der Waals surface area contributed by atoms with Gasteiger partial charge in [-0.1, -0.05) is 0 Å². The summed E-state index contributed by atoms with van der Waals surface area (Å²) < 4.78 is 37.7. The molecule has 0 bridgehead atoms. The third-order valence-corrected chi connectivity index (χ3v) is 4.88. The minimum absolute atomic E-state index is 0.275. The van der Waals surface area contributed by atoms with E-state index in [1.54, 1.807) is 0 Å². The zero-order valence-corrected chi connectivity index (χ0v) is 13.6. The highest BCUT2D eigenvalue weighted by molar-refractivity contribution is 5.45. The first-order valence-electron chi connectivity index (χ1n) is 8.29. The van der Waals surface area contributed by atoms with E-state index in [0.717, 1.165) is 19.0 Å². The first kappa shape index (κ1) is 18.4. The van der Waals surface area contributed by atoms with Crippen molar-refractivity contribution in [3.63, 3.8) is 0 Å². The molecule has 25 heavy (non-hydrogen) atoms. The number of aromatic nitrogens is 1. The number of aliphatic hydroxyl groups excluding tert-OH is 3. The molecule has 3 N–H and O–H groups in total. The highest BCUT2D eigenvalue weighted by Crippen LogP contribution is 2.30. The van der Waals surface area contributed by atoms with Crippen LogP contribution >= 0.6 is 0 Å². The molecule has 2 fully saturated rings. The molecule has 4 atom stereocenters. The molecule has 0 radical (unpaired) electrons. The Bertz CT molecular complexity index is 572. The zero-order valence-electron chi connectivity index (χ0n) is 13.6. The molecule has 0 unspecified atom stereocenters. The second-order valence-corrected chi connectivity index (χ2v) is 6.84. The van der Waals surface area contributed by atoms with Crippen LogP contribution in [-0.4, -0.2) is 76.2 Å². The predicted molar refractivity (Wildman–Crippen MR) is 84.0 cm³/mol. The Hall–Kier alpha value is -1.42. The van der Waals surface area contributed by atoms with E-state index in [-0.39, 0.29) is 5.92 Å². The molecule has 6 nitrogen and oxygen atoms in total. The molecule has 3 heterocycles. The summed E-state index contributed by atoms with van der Waals surface area (Å²) in [7, 11) is 0. The van der Waals surface area contributed by atoms with Crippen molar-refractivity contribution in [3.05, 3.63) is 24.0 Å². The number of hydrogen-bond acceptors (Lipinski definition) is 6. The summed E-state index contributed by atoms with van der Waals surface area (Å²) in [5.74, 6) is 0.275. The molecule has 0 aromatic carbocycles. The summed E-state index contributed by atoms with van der Waals surface area (Å²) in [5.41, 5.74) is -0.244. The molecule has 0 aliphatic carbocycles. The maximum absolute atomic E-state index is 12.6. The summed E-state index contributed by atoms with van der Waals surface area (Å²) in [4.78, 5) is 7.40. The molecule has 0 saturated carbocycles. The van der Waals surface area contributed by atoms with Crippen LogP contribution in [0.5, 0.6) is 0 Å². The van der Waals surface area contributed by atoms with Crippen LogP contribution in [-0.2, 0) is 6.18 Å². The third-order valence-electron chi connectivity index (χ3n) is 4.88. The molecule has 9 heteroatoms. The van der Waals surface area contributed by atoms with Gasteiger partial charge in [-0.15, -0.1) is 0 Å². The van der Waals surface area contributed by atoms with E-state index in [1.807, 2.05) is 9.80 Å². The molecule has 1 aromatic heterocycles. The lowest BCUT2D eigenvalue weighted by atomic mass is 10.00. The van der Waals surface area contributed by atoms with Crippen LogP contribution < -0.4 is 4.90 Å². The number of anilines is 1. The number of hydrogen-bond donors (Lipinski definition) is 3. The van der Waals surface area contributed by atoms with Crippen LogP contribution in [0.15, 0.2) is 18.3 Å². The topological polar surface area (TPSA) is 80.1 Å². The second kappa shape index (κ2) is 7.06. The van der Waals surface area contributed by atoms with Gasteiger partial charge in [0.15, 0.2) is 0 Å². The Morgan fingerprint density at radius 3 is 2.32 bits per heavy atom. The van der Waals surface area contributed by atoms with E-state index in [4.69, 9.17) is 0 Å². The Balaban J connectivity index is 1.55. The van der Waals surface area contributed by atoms with Gasteiger partial charge in [-0.25, -0.2) is 4.98 Å². The van der Waals surface area contributed by atoms with Gasteiger partial charge in [0, 0.05) is 32.7 Å². The van der Waals surface area contributed by atoms with Gasteiger partial charge >= 0.3 is 6.18 Å². The van der Waals surface area contributed by atoms with Gasteiger partial charge in [0.1, 0.15) is 11.8 Å². The van der Waals surface area contributed by atoms with Gasteiger partial charge in [-0.3, -0.25) is 4.90 Å². The number of aliphatic hydroxyl groups is 3. The third kappa shape index (κ3) is 4.22.